The Morgan fingerprint density at radius 1 is 1.28 bits per heavy atom. The highest BCUT2D eigenvalue weighted by Crippen LogP contribution is 2.43. The molecule has 3 nitrogen and oxygen atoms in total. The third kappa shape index (κ3) is 2.26. The molecule has 2 aliphatic rings. The van der Waals surface area contributed by atoms with E-state index in [2.05, 4.69) is 4.98 Å². The van der Waals surface area contributed by atoms with E-state index in [0.29, 0.717) is 11.4 Å². The number of pyridine rings is 1. The maximum absolute atomic E-state index is 11.5. The van der Waals surface area contributed by atoms with Gasteiger partial charge in [-0.2, -0.15) is 0 Å². The van der Waals surface area contributed by atoms with Crippen LogP contribution in [0.2, 0.25) is 0 Å². The van der Waals surface area contributed by atoms with Gasteiger partial charge >= 0.3 is 0 Å². The van der Waals surface area contributed by atoms with Crippen LogP contribution in [0.15, 0.2) is 18.3 Å². The fourth-order valence-electron chi connectivity index (χ4n) is 3.45. The van der Waals surface area contributed by atoms with Crippen LogP contribution in [0.1, 0.15) is 49.4 Å². The zero-order valence-corrected chi connectivity index (χ0v) is 10.8. The van der Waals surface area contributed by atoms with Crippen molar-refractivity contribution in [2.45, 2.75) is 45.1 Å². The predicted molar refractivity (Wildman–Crippen MR) is 68.7 cm³/mol. The summed E-state index contributed by atoms with van der Waals surface area (Å²) in [5.74, 6) is 2.21. The molecule has 96 valence electrons. The number of carbonyl (C=O) groups is 1. The van der Waals surface area contributed by atoms with Crippen LogP contribution in [-0.2, 0) is 0 Å². The average molecular weight is 245 g/mol. The van der Waals surface area contributed by atoms with E-state index in [-0.39, 0.29) is 11.9 Å². The monoisotopic (exact) mass is 245 g/mol. The number of fused-ring (bicyclic) bond motifs is 2. The Balaban J connectivity index is 1.75. The third-order valence-corrected chi connectivity index (χ3v) is 4.27. The molecule has 18 heavy (non-hydrogen) atoms. The Kier molecular flexibility index (Phi) is 3.06. The minimum Gasteiger partial charge on any atom is -0.474 e. The standard InChI is InChI=1S/C15H19NO2/c1-10(17)14-3-2-6-16-15(14)18-13-8-11-4-5-12(7-11)9-13/h2-3,6,11-13H,4-5,7-9H2,1H3/t11-,12+,13?. The molecule has 1 heterocycles. The zero-order valence-electron chi connectivity index (χ0n) is 10.8. The molecule has 0 saturated heterocycles. The molecule has 1 unspecified atom stereocenters. The van der Waals surface area contributed by atoms with Gasteiger partial charge in [-0.3, -0.25) is 4.79 Å². The number of ether oxygens (including phenoxy) is 1. The van der Waals surface area contributed by atoms with E-state index >= 15 is 0 Å². The highest BCUT2D eigenvalue weighted by Gasteiger charge is 2.35. The van der Waals surface area contributed by atoms with Crippen molar-refractivity contribution < 1.29 is 9.53 Å². The Labute approximate surface area is 108 Å². The van der Waals surface area contributed by atoms with Gasteiger partial charge in [0.2, 0.25) is 5.88 Å². The summed E-state index contributed by atoms with van der Waals surface area (Å²) in [5, 5.41) is 0. The summed E-state index contributed by atoms with van der Waals surface area (Å²) in [4.78, 5) is 15.8. The maximum atomic E-state index is 11.5. The molecule has 0 spiro atoms. The van der Waals surface area contributed by atoms with E-state index in [1.165, 1.54) is 19.3 Å². The number of ketones is 1. The highest BCUT2D eigenvalue weighted by atomic mass is 16.5. The molecular formula is C15H19NO2. The normalized spacial score (nSPS) is 30.2. The lowest BCUT2D eigenvalue weighted by atomic mass is 9.87. The van der Waals surface area contributed by atoms with Gasteiger partial charge in [0.1, 0.15) is 6.10 Å². The van der Waals surface area contributed by atoms with Crippen LogP contribution in [0.3, 0.4) is 0 Å². The summed E-state index contributed by atoms with van der Waals surface area (Å²) < 4.78 is 6.00. The SMILES string of the molecule is CC(=O)c1cccnc1OC1C[C@H]2CC[C@@H](C1)C2. The first-order valence-corrected chi connectivity index (χ1v) is 6.85. The van der Waals surface area contributed by atoms with Crippen LogP contribution in [0, 0.1) is 11.8 Å². The van der Waals surface area contributed by atoms with E-state index in [1.54, 1.807) is 25.3 Å². The molecular weight excluding hydrogens is 226 g/mol. The Morgan fingerprint density at radius 2 is 2.00 bits per heavy atom. The summed E-state index contributed by atoms with van der Waals surface area (Å²) in [6.07, 6.45) is 8.29. The third-order valence-electron chi connectivity index (χ3n) is 4.27. The molecule has 1 aromatic rings. The number of hydrogen-bond donors (Lipinski definition) is 0. The van der Waals surface area contributed by atoms with Crippen LogP contribution in [0.5, 0.6) is 5.88 Å². The molecule has 2 saturated carbocycles. The lowest BCUT2D eigenvalue weighted by molar-refractivity contribution is 0.0975. The number of rotatable bonds is 3. The topological polar surface area (TPSA) is 39.2 Å². The maximum Gasteiger partial charge on any atom is 0.224 e. The first-order chi connectivity index (χ1) is 8.72. The molecule has 2 fully saturated rings. The summed E-state index contributed by atoms with van der Waals surface area (Å²) >= 11 is 0. The van der Waals surface area contributed by atoms with Crippen molar-refractivity contribution in [2.24, 2.45) is 11.8 Å². The molecule has 2 aliphatic carbocycles. The number of nitrogens with zero attached hydrogens (tertiary/aromatic N) is 1. The van der Waals surface area contributed by atoms with Crippen molar-refractivity contribution in [3.63, 3.8) is 0 Å². The highest BCUT2D eigenvalue weighted by molar-refractivity contribution is 5.96. The summed E-state index contributed by atoms with van der Waals surface area (Å²) in [6.45, 7) is 1.56. The van der Waals surface area contributed by atoms with Crippen molar-refractivity contribution in [1.29, 1.82) is 0 Å². The van der Waals surface area contributed by atoms with Crippen molar-refractivity contribution in [3.05, 3.63) is 23.9 Å². The number of Topliss-reactive ketones (excluding diaryl/α,β-unsaturated/α-hetero) is 1. The van der Waals surface area contributed by atoms with E-state index in [0.717, 1.165) is 24.7 Å². The number of aromatic nitrogens is 1. The van der Waals surface area contributed by atoms with Crippen LogP contribution < -0.4 is 4.74 Å². The van der Waals surface area contributed by atoms with Gasteiger partial charge in [-0.1, -0.05) is 12.8 Å². The van der Waals surface area contributed by atoms with E-state index in [4.69, 9.17) is 4.74 Å². The molecule has 1 aromatic heterocycles. The van der Waals surface area contributed by atoms with Crippen molar-refractivity contribution in [3.8, 4) is 5.88 Å². The van der Waals surface area contributed by atoms with Gasteiger partial charge < -0.3 is 4.74 Å². The van der Waals surface area contributed by atoms with Crippen molar-refractivity contribution in [1.82, 2.24) is 4.98 Å². The van der Waals surface area contributed by atoms with E-state index in [1.807, 2.05) is 0 Å². The van der Waals surface area contributed by atoms with E-state index in [9.17, 15) is 4.79 Å². The molecule has 0 aromatic carbocycles. The molecule has 3 atom stereocenters. The Morgan fingerprint density at radius 3 is 2.67 bits per heavy atom. The summed E-state index contributed by atoms with van der Waals surface area (Å²) in [5.41, 5.74) is 0.607. The van der Waals surface area contributed by atoms with Crippen LogP contribution in [0.25, 0.3) is 0 Å². The fourth-order valence-corrected chi connectivity index (χ4v) is 3.45. The lowest BCUT2D eigenvalue weighted by Gasteiger charge is -2.28. The molecule has 3 heteroatoms. The second kappa shape index (κ2) is 4.71. The Hall–Kier alpha value is -1.38. The second-order valence-electron chi connectivity index (χ2n) is 5.67. The summed E-state index contributed by atoms with van der Waals surface area (Å²) in [6, 6.07) is 3.58. The second-order valence-corrected chi connectivity index (χ2v) is 5.67. The largest absolute Gasteiger partial charge is 0.474 e. The van der Waals surface area contributed by atoms with Gasteiger partial charge in [-0.25, -0.2) is 4.98 Å². The van der Waals surface area contributed by atoms with Crippen LogP contribution >= 0.6 is 0 Å². The molecule has 0 N–H and O–H groups in total. The van der Waals surface area contributed by atoms with Gasteiger partial charge in [0.15, 0.2) is 5.78 Å². The van der Waals surface area contributed by atoms with Gasteiger partial charge in [-0.05, 0) is 50.2 Å². The van der Waals surface area contributed by atoms with Crippen molar-refractivity contribution in [2.75, 3.05) is 0 Å². The number of hydrogen-bond acceptors (Lipinski definition) is 3. The molecule has 3 rings (SSSR count). The van der Waals surface area contributed by atoms with Gasteiger partial charge in [0.05, 0.1) is 5.56 Å². The summed E-state index contributed by atoms with van der Waals surface area (Å²) in [7, 11) is 0. The minimum absolute atomic E-state index is 0.0249. The van der Waals surface area contributed by atoms with E-state index < -0.39 is 0 Å². The quantitative estimate of drug-likeness (QED) is 0.767. The predicted octanol–water partition coefficient (Wildman–Crippen LogP) is 3.24. The van der Waals surface area contributed by atoms with Gasteiger partial charge in [0.25, 0.3) is 0 Å². The van der Waals surface area contributed by atoms with Crippen LogP contribution in [-0.4, -0.2) is 16.9 Å². The molecule has 2 bridgehead atoms. The zero-order chi connectivity index (χ0) is 12.5. The lowest BCUT2D eigenvalue weighted by Crippen LogP contribution is -2.27. The Bertz CT molecular complexity index is 446. The molecule has 0 aliphatic heterocycles. The smallest absolute Gasteiger partial charge is 0.224 e. The first kappa shape index (κ1) is 11.7. The minimum atomic E-state index is 0.0249. The fraction of sp³-hybridized carbons (Fsp3) is 0.600. The number of carbonyl (C=O) groups excluding carboxylic acids is 1. The average Bonchev–Trinajstić information content (AvgIpc) is 2.69. The van der Waals surface area contributed by atoms with Gasteiger partial charge in [0, 0.05) is 6.20 Å². The molecule has 0 radical (unpaired) electrons. The molecule has 0 amide bonds. The van der Waals surface area contributed by atoms with Crippen LogP contribution in [0.4, 0.5) is 0 Å². The first-order valence-electron chi connectivity index (χ1n) is 6.85. The van der Waals surface area contributed by atoms with Gasteiger partial charge in [-0.15, -0.1) is 0 Å². The van der Waals surface area contributed by atoms with Crippen molar-refractivity contribution >= 4 is 5.78 Å².